The molecule has 1 saturated heterocycles. The van der Waals surface area contributed by atoms with E-state index in [1.165, 1.54) is 31.2 Å². The van der Waals surface area contributed by atoms with Crippen LogP contribution >= 0.6 is 0 Å². The summed E-state index contributed by atoms with van der Waals surface area (Å²) in [5.74, 6) is 0.988. The molecule has 3 aliphatic rings. The number of amides is 1. The molecule has 5 nitrogen and oxygen atoms in total. The number of aromatic nitrogens is 1. The van der Waals surface area contributed by atoms with Crippen molar-refractivity contribution < 1.29 is 9.90 Å². The summed E-state index contributed by atoms with van der Waals surface area (Å²) in [6.07, 6.45) is 6.90. The minimum Gasteiger partial charge on any atom is -0.395 e. The Labute approximate surface area is 166 Å². The van der Waals surface area contributed by atoms with Gasteiger partial charge in [-0.15, -0.1) is 0 Å². The molecule has 3 atom stereocenters. The van der Waals surface area contributed by atoms with Crippen LogP contribution in [-0.4, -0.2) is 52.7 Å². The molecule has 3 heterocycles. The highest BCUT2D eigenvalue weighted by Crippen LogP contribution is 2.49. The number of pyridine rings is 1. The van der Waals surface area contributed by atoms with Crippen LogP contribution in [0.4, 0.5) is 5.69 Å². The second-order valence-corrected chi connectivity index (χ2v) is 8.38. The number of aliphatic hydroxyl groups is 1. The largest absolute Gasteiger partial charge is 0.395 e. The van der Waals surface area contributed by atoms with Crippen LogP contribution in [0, 0.1) is 5.92 Å². The Morgan fingerprint density at radius 2 is 1.89 bits per heavy atom. The number of rotatable bonds is 4. The van der Waals surface area contributed by atoms with Crippen molar-refractivity contribution in [1.82, 2.24) is 9.88 Å². The first-order valence-corrected chi connectivity index (χ1v) is 10.5. The van der Waals surface area contributed by atoms with Crippen molar-refractivity contribution >= 4 is 11.6 Å². The molecule has 5 heteroatoms. The Balaban J connectivity index is 1.47. The van der Waals surface area contributed by atoms with Crippen LogP contribution in [0.2, 0.25) is 0 Å². The summed E-state index contributed by atoms with van der Waals surface area (Å²) in [6.45, 7) is 1.89. The summed E-state index contributed by atoms with van der Waals surface area (Å²) in [5, 5.41) is 10.1. The van der Waals surface area contributed by atoms with Gasteiger partial charge in [-0.3, -0.25) is 14.7 Å². The number of carbonyl (C=O) groups excluding carboxylic acids is 1. The predicted molar refractivity (Wildman–Crippen MR) is 108 cm³/mol. The average Bonchev–Trinajstić information content (AvgIpc) is 3.25. The van der Waals surface area contributed by atoms with Crippen molar-refractivity contribution in [2.24, 2.45) is 5.92 Å². The van der Waals surface area contributed by atoms with Gasteiger partial charge in [0.2, 0.25) is 0 Å². The van der Waals surface area contributed by atoms with Gasteiger partial charge in [0.25, 0.3) is 5.91 Å². The van der Waals surface area contributed by atoms with Crippen LogP contribution in [0.15, 0.2) is 48.7 Å². The molecule has 1 saturated carbocycles. The van der Waals surface area contributed by atoms with Gasteiger partial charge in [-0.1, -0.05) is 37.1 Å². The summed E-state index contributed by atoms with van der Waals surface area (Å²) in [6, 6.07) is 14.1. The zero-order valence-electron chi connectivity index (χ0n) is 16.1. The molecule has 28 heavy (non-hydrogen) atoms. The Morgan fingerprint density at radius 3 is 2.64 bits per heavy atom. The molecule has 2 aromatic rings. The summed E-state index contributed by atoms with van der Waals surface area (Å²) in [7, 11) is 0. The standard InChI is InChI=1S/C23H27N3O2/c27-15-21-22-17-9-3-4-11-19(17)26(23(28)18-10-5-6-12-24-18)14-20(22)25(21)13-16-7-1-2-8-16/h3-6,9-12,16,20-22,27H,1-2,7-8,13-15H2/t20-,21+,22+/m1/s1. The highest BCUT2D eigenvalue weighted by molar-refractivity contribution is 6.05. The lowest BCUT2D eigenvalue weighted by molar-refractivity contribution is -0.0513. The number of anilines is 1. The van der Waals surface area contributed by atoms with E-state index in [1.807, 2.05) is 35.2 Å². The zero-order valence-corrected chi connectivity index (χ0v) is 16.1. The lowest BCUT2D eigenvalue weighted by Gasteiger charge is -2.59. The van der Waals surface area contributed by atoms with Crippen molar-refractivity contribution in [3.8, 4) is 0 Å². The van der Waals surface area contributed by atoms with Gasteiger partial charge < -0.3 is 10.0 Å². The number of aliphatic hydroxyl groups excluding tert-OH is 1. The molecular weight excluding hydrogens is 350 g/mol. The number of benzene rings is 1. The second kappa shape index (κ2) is 7.30. The van der Waals surface area contributed by atoms with E-state index >= 15 is 0 Å². The SMILES string of the molecule is O=C(c1ccccn1)N1C[C@@H]2[C@H](c3ccccc31)[C@H](CO)N2CC1CCCC1. The molecule has 1 amide bonds. The molecule has 146 valence electrons. The fraction of sp³-hybridized carbons (Fsp3) is 0.478. The van der Waals surface area contributed by atoms with Crippen LogP contribution in [0.1, 0.15) is 47.7 Å². The quantitative estimate of drug-likeness (QED) is 0.890. The maximum Gasteiger partial charge on any atom is 0.276 e. The van der Waals surface area contributed by atoms with Crippen molar-refractivity contribution in [2.45, 2.75) is 43.7 Å². The van der Waals surface area contributed by atoms with E-state index < -0.39 is 0 Å². The summed E-state index contributed by atoms with van der Waals surface area (Å²) in [5.41, 5.74) is 2.64. The lowest BCUT2D eigenvalue weighted by atomic mass is 9.71. The first kappa shape index (κ1) is 17.8. The van der Waals surface area contributed by atoms with Crippen molar-refractivity contribution in [1.29, 1.82) is 0 Å². The van der Waals surface area contributed by atoms with Gasteiger partial charge >= 0.3 is 0 Å². The Hall–Kier alpha value is -2.24. The minimum absolute atomic E-state index is 0.0419. The highest BCUT2D eigenvalue weighted by Gasteiger charge is 2.53. The fourth-order valence-corrected chi connectivity index (χ4v) is 5.55. The van der Waals surface area contributed by atoms with Crippen LogP contribution in [0.5, 0.6) is 0 Å². The maximum atomic E-state index is 13.2. The number of fused-ring (bicyclic) bond motifs is 3. The second-order valence-electron chi connectivity index (χ2n) is 8.38. The van der Waals surface area contributed by atoms with Gasteiger partial charge in [-0.2, -0.15) is 0 Å². The van der Waals surface area contributed by atoms with E-state index in [2.05, 4.69) is 16.0 Å². The zero-order chi connectivity index (χ0) is 19.1. The van der Waals surface area contributed by atoms with E-state index in [1.54, 1.807) is 12.3 Å². The Morgan fingerprint density at radius 1 is 1.11 bits per heavy atom. The number of nitrogens with zero attached hydrogens (tertiary/aromatic N) is 3. The van der Waals surface area contributed by atoms with E-state index in [-0.39, 0.29) is 24.6 Å². The minimum atomic E-state index is -0.0419. The lowest BCUT2D eigenvalue weighted by Crippen LogP contribution is -2.69. The third-order valence-corrected chi connectivity index (χ3v) is 6.90. The fourth-order valence-electron chi connectivity index (χ4n) is 5.55. The molecule has 2 aliphatic heterocycles. The Bertz CT molecular complexity index is 850. The number of likely N-dealkylation sites (tertiary alicyclic amines) is 1. The van der Waals surface area contributed by atoms with Gasteiger partial charge in [0.05, 0.1) is 6.61 Å². The molecule has 1 aromatic heterocycles. The normalized spacial score (nSPS) is 27.2. The molecule has 5 rings (SSSR count). The van der Waals surface area contributed by atoms with E-state index in [9.17, 15) is 9.90 Å². The van der Waals surface area contributed by atoms with Gasteiger partial charge in [-0.25, -0.2) is 0 Å². The number of para-hydroxylation sites is 1. The Kier molecular flexibility index (Phi) is 4.65. The predicted octanol–water partition coefficient (Wildman–Crippen LogP) is 3.06. The molecule has 1 aromatic carbocycles. The summed E-state index contributed by atoms with van der Waals surface area (Å²) in [4.78, 5) is 21.9. The van der Waals surface area contributed by atoms with Crippen LogP contribution in [0.25, 0.3) is 0 Å². The van der Waals surface area contributed by atoms with Gasteiger partial charge in [-0.05, 0) is 42.5 Å². The third-order valence-electron chi connectivity index (χ3n) is 6.90. The average molecular weight is 377 g/mol. The van der Waals surface area contributed by atoms with Crippen LogP contribution < -0.4 is 4.90 Å². The van der Waals surface area contributed by atoms with E-state index in [0.717, 1.165) is 18.2 Å². The van der Waals surface area contributed by atoms with Crippen molar-refractivity contribution in [3.63, 3.8) is 0 Å². The number of hydrogen-bond donors (Lipinski definition) is 1. The van der Waals surface area contributed by atoms with Crippen LogP contribution in [-0.2, 0) is 0 Å². The van der Waals surface area contributed by atoms with Gasteiger partial charge in [0.15, 0.2) is 0 Å². The summed E-state index contributed by atoms with van der Waals surface area (Å²) < 4.78 is 0. The topological polar surface area (TPSA) is 56.7 Å². The van der Waals surface area contributed by atoms with Gasteiger partial charge in [0, 0.05) is 43.0 Å². The monoisotopic (exact) mass is 377 g/mol. The van der Waals surface area contributed by atoms with E-state index in [0.29, 0.717) is 18.2 Å². The molecule has 0 radical (unpaired) electrons. The van der Waals surface area contributed by atoms with Gasteiger partial charge in [0.1, 0.15) is 5.69 Å². The third kappa shape index (κ3) is 2.85. The van der Waals surface area contributed by atoms with Crippen molar-refractivity contribution in [3.05, 3.63) is 59.9 Å². The molecular formula is C23H27N3O2. The molecule has 1 aliphatic carbocycles. The molecule has 0 bridgehead atoms. The number of carbonyl (C=O) groups is 1. The highest BCUT2D eigenvalue weighted by atomic mass is 16.3. The first-order chi connectivity index (χ1) is 13.8. The maximum absolute atomic E-state index is 13.2. The van der Waals surface area contributed by atoms with Crippen molar-refractivity contribution in [2.75, 3.05) is 24.6 Å². The first-order valence-electron chi connectivity index (χ1n) is 10.5. The molecule has 0 unspecified atom stereocenters. The molecule has 2 fully saturated rings. The molecule has 0 spiro atoms. The van der Waals surface area contributed by atoms with Crippen LogP contribution in [0.3, 0.4) is 0 Å². The number of hydrogen-bond acceptors (Lipinski definition) is 4. The summed E-state index contributed by atoms with van der Waals surface area (Å²) >= 11 is 0. The van der Waals surface area contributed by atoms with E-state index in [4.69, 9.17) is 0 Å². The smallest absolute Gasteiger partial charge is 0.276 e. The molecule has 1 N–H and O–H groups in total.